The highest BCUT2D eigenvalue weighted by Crippen LogP contribution is 2.27. The zero-order valence-electron chi connectivity index (χ0n) is 12.0. The van der Waals surface area contributed by atoms with E-state index in [0.29, 0.717) is 11.3 Å². The second kappa shape index (κ2) is 7.67. The number of benzene rings is 1. The maximum Gasteiger partial charge on any atom is 0.250 e. The number of carbonyl (C=O) groups excluding carboxylic acids is 1. The molecule has 0 heterocycles. The maximum absolute atomic E-state index is 11.3. The third kappa shape index (κ3) is 4.16. The fourth-order valence-corrected chi connectivity index (χ4v) is 2.09. The van der Waals surface area contributed by atoms with Crippen molar-refractivity contribution >= 4 is 17.3 Å². The van der Waals surface area contributed by atoms with Crippen LogP contribution in [0.25, 0.3) is 0 Å². The average molecular weight is 263 g/mol. The Morgan fingerprint density at radius 1 is 1.16 bits per heavy atom. The van der Waals surface area contributed by atoms with Gasteiger partial charge in [0.15, 0.2) is 0 Å². The fourth-order valence-electron chi connectivity index (χ4n) is 2.09. The van der Waals surface area contributed by atoms with Gasteiger partial charge in [0.05, 0.1) is 16.9 Å². The third-order valence-corrected chi connectivity index (χ3v) is 3.25. The van der Waals surface area contributed by atoms with E-state index >= 15 is 0 Å². The Labute approximate surface area is 115 Å². The number of hydrogen-bond donors (Lipinski definition) is 2. The van der Waals surface area contributed by atoms with Crippen LogP contribution in [0, 0.1) is 0 Å². The minimum Gasteiger partial charge on any atom is -0.396 e. The lowest BCUT2D eigenvalue weighted by Crippen LogP contribution is -2.27. The fraction of sp³-hybridized carbons (Fsp3) is 0.533. The lowest BCUT2D eigenvalue weighted by Gasteiger charge is -2.26. The highest BCUT2D eigenvalue weighted by Gasteiger charge is 2.14. The highest BCUT2D eigenvalue weighted by molar-refractivity contribution is 6.00. The average Bonchev–Trinajstić information content (AvgIpc) is 2.39. The molecule has 1 aromatic rings. The molecule has 106 valence electrons. The summed E-state index contributed by atoms with van der Waals surface area (Å²) < 4.78 is 0. The number of primary amides is 1. The van der Waals surface area contributed by atoms with Gasteiger partial charge >= 0.3 is 0 Å². The Morgan fingerprint density at radius 2 is 1.74 bits per heavy atom. The van der Waals surface area contributed by atoms with Crippen molar-refractivity contribution in [2.24, 2.45) is 5.73 Å². The van der Waals surface area contributed by atoms with E-state index in [0.717, 1.165) is 44.5 Å². The lowest BCUT2D eigenvalue weighted by atomic mass is 10.1. The number of nitrogens with two attached hydrogens (primary N) is 2. The van der Waals surface area contributed by atoms with E-state index in [1.807, 2.05) is 12.1 Å². The van der Waals surface area contributed by atoms with Crippen molar-refractivity contribution in [3.63, 3.8) is 0 Å². The van der Waals surface area contributed by atoms with E-state index in [1.165, 1.54) is 0 Å². The summed E-state index contributed by atoms with van der Waals surface area (Å²) in [6.07, 6.45) is 4.50. The Morgan fingerprint density at radius 3 is 2.21 bits per heavy atom. The molecule has 0 atom stereocenters. The van der Waals surface area contributed by atoms with Crippen molar-refractivity contribution in [1.82, 2.24) is 0 Å². The first kappa shape index (κ1) is 15.3. The van der Waals surface area contributed by atoms with Gasteiger partial charge < -0.3 is 16.4 Å². The van der Waals surface area contributed by atoms with Crippen LogP contribution < -0.4 is 16.4 Å². The largest absolute Gasteiger partial charge is 0.396 e. The molecule has 4 N–H and O–H groups in total. The molecule has 0 aliphatic rings. The first-order valence-electron chi connectivity index (χ1n) is 7.05. The second-order valence-corrected chi connectivity index (χ2v) is 4.80. The standard InChI is InChI=1S/C15H25N3O/c1-3-5-10-18(11-6-4-2)13-9-7-8-12(14(13)16)15(17)19/h7-9H,3-6,10-11,16H2,1-2H3,(H2,17,19). The molecule has 1 rings (SSSR count). The van der Waals surface area contributed by atoms with Gasteiger partial charge in [-0.05, 0) is 25.0 Å². The van der Waals surface area contributed by atoms with Crippen LogP contribution in [0.3, 0.4) is 0 Å². The van der Waals surface area contributed by atoms with Crippen LogP contribution in [0.1, 0.15) is 49.9 Å². The van der Waals surface area contributed by atoms with Crippen LogP contribution in [0.2, 0.25) is 0 Å². The molecule has 0 unspecified atom stereocenters. The summed E-state index contributed by atoms with van der Waals surface area (Å²) in [5.74, 6) is -0.467. The van der Waals surface area contributed by atoms with E-state index < -0.39 is 5.91 Å². The number of nitrogens with zero attached hydrogens (tertiary/aromatic N) is 1. The van der Waals surface area contributed by atoms with E-state index in [1.54, 1.807) is 6.07 Å². The highest BCUT2D eigenvalue weighted by atomic mass is 16.1. The molecule has 0 aliphatic carbocycles. The summed E-state index contributed by atoms with van der Waals surface area (Å²) in [5.41, 5.74) is 13.3. The van der Waals surface area contributed by atoms with Crippen molar-refractivity contribution in [1.29, 1.82) is 0 Å². The summed E-state index contributed by atoms with van der Waals surface area (Å²) in [4.78, 5) is 13.6. The van der Waals surface area contributed by atoms with Gasteiger partial charge in [-0.2, -0.15) is 0 Å². The zero-order valence-corrected chi connectivity index (χ0v) is 12.0. The van der Waals surface area contributed by atoms with E-state index in [-0.39, 0.29) is 0 Å². The van der Waals surface area contributed by atoms with Crippen LogP contribution in [0.4, 0.5) is 11.4 Å². The Kier molecular flexibility index (Phi) is 6.19. The molecule has 19 heavy (non-hydrogen) atoms. The summed E-state index contributed by atoms with van der Waals surface area (Å²) in [7, 11) is 0. The number of para-hydroxylation sites is 1. The van der Waals surface area contributed by atoms with Gasteiger partial charge in [-0.3, -0.25) is 4.79 Å². The summed E-state index contributed by atoms with van der Waals surface area (Å²) in [6.45, 7) is 6.26. The third-order valence-electron chi connectivity index (χ3n) is 3.25. The quantitative estimate of drug-likeness (QED) is 0.708. The van der Waals surface area contributed by atoms with E-state index in [2.05, 4.69) is 18.7 Å². The maximum atomic E-state index is 11.3. The molecule has 1 amide bonds. The SMILES string of the molecule is CCCCN(CCCC)c1cccc(C(N)=O)c1N. The smallest absolute Gasteiger partial charge is 0.250 e. The number of nitrogen functional groups attached to an aromatic ring is 1. The molecular formula is C15H25N3O. The zero-order chi connectivity index (χ0) is 14.3. The van der Waals surface area contributed by atoms with Gasteiger partial charge in [0.1, 0.15) is 0 Å². The van der Waals surface area contributed by atoms with Gasteiger partial charge in [0.25, 0.3) is 5.91 Å². The first-order chi connectivity index (χ1) is 9.11. The first-order valence-corrected chi connectivity index (χ1v) is 7.05. The number of carbonyl (C=O) groups is 1. The van der Waals surface area contributed by atoms with Crippen LogP contribution in [-0.4, -0.2) is 19.0 Å². The number of unbranched alkanes of at least 4 members (excludes halogenated alkanes) is 2. The van der Waals surface area contributed by atoms with Crippen molar-refractivity contribution < 1.29 is 4.79 Å². The molecule has 4 heteroatoms. The minimum absolute atomic E-state index is 0.412. The molecule has 0 aromatic heterocycles. The molecule has 0 saturated heterocycles. The molecule has 0 fully saturated rings. The van der Waals surface area contributed by atoms with Gasteiger partial charge in [-0.25, -0.2) is 0 Å². The Balaban J connectivity index is 2.99. The van der Waals surface area contributed by atoms with Crippen LogP contribution in [0.15, 0.2) is 18.2 Å². The number of rotatable bonds is 8. The number of hydrogen-bond acceptors (Lipinski definition) is 3. The molecular weight excluding hydrogens is 238 g/mol. The molecule has 0 spiro atoms. The van der Waals surface area contributed by atoms with Gasteiger partial charge in [-0.1, -0.05) is 32.8 Å². The second-order valence-electron chi connectivity index (χ2n) is 4.80. The van der Waals surface area contributed by atoms with Crippen LogP contribution >= 0.6 is 0 Å². The van der Waals surface area contributed by atoms with E-state index in [4.69, 9.17) is 11.5 Å². The minimum atomic E-state index is -0.467. The molecule has 4 nitrogen and oxygen atoms in total. The van der Waals surface area contributed by atoms with Crippen LogP contribution in [-0.2, 0) is 0 Å². The normalized spacial score (nSPS) is 10.4. The Hall–Kier alpha value is -1.71. The monoisotopic (exact) mass is 263 g/mol. The predicted molar refractivity (Wildman–Crippen MR) is 81.4 cm³/mol. The summed E-state index contributed by atoms with van der Waals surface area (Å²) in [5, 5.41) is 0. The van der Waals surface area contributed by atoms with Gasteiger partial charge in [0.2, 0.25) is 0 Å². The predicted octanol–water partition coefficient (Wildman–Crippen LogP) is 2.77. The summed E-state index contributed by atoms with van der Waals surface area (Å²) >= 11 is 0. The van der Waals surface area contributed by atoms with Crippen molar-refractivity contribution in [2.45, 2.75) is 39.5 Å². The van der Waals surface area contributed by atoms with Crippen LogP contribution in [0.5, 0.6) is 0 Å². The molecule has 0 radical (unpaired) electrons. The number of amides is 1. The van der Waals surface area contributed by atoms with Crippen molar-refractivity contribution in [3.8, 4) is 0 Å². The van der Waals surface area contributed by atoms with Gasteiger partial charge in [-0.15, -0.1) is 0 Å². The molecule has 0 saturated carbocycles. The van der Waals surface area contributed by atoms with Crippen molar-refractivity contribution in [2.75, 3.05) is 23.7 Å². The molecule has 0 bridgehead atoms. The Bertz CT molecular complexity index is 410. The van der Waals surface area contributed by atoms with Crippen molar-refractivity contribution in [3.05, 3.63) is 23.8 Å². The van der Waals surface area contributed by atoms with E-state index in [9.17, 15) is 4.79 Å². The topological polar surface area (TPSA) is 72.3 Å². The summed E-state index contributed by atoms with van der Waals surface area (Å²) in [6, 6.07) is 5.49. The van der Waals surface area contributed by atoms with Gasteiger partial charge in [0, 0.05) is 13.1 Å². The lowest BCUT2D eigenvalue weighted by molar-refractivity contribution is 0.100. The molecule has 1 aromatic carbocycles. The number of anilines is 2. The molecule has 0 aliphatic heterocycles.